The Balaban J connectivity index is 1.34. The van der Waals surface area contributed by atoms with Gasteiger partial charge in [0.25, 0.3) is 0 Å². The van der Waals surface area contributed by atoms with E-state index in [4.69, 9.17) is 0 Å². The highest BCUT2D eigenvalue weighted by Gasteiger charge is 2.09. The molecule has 0 bridgehead atoms. The van der Waals surface area contributed by atoms with Crippen molar-refractivity contribution >= 4 is 22.6 Å². The van der Waals surface area contributed by atoms with Crippen molar-refractivity contribution in [2.24, 2.45) is 0 Å². The number of aryl methyl sites for hydroxylation is 1. The number of nitrogens with one attached hydrogen (secondary N) is 2. The number of imidazole rings is 2. The van der Waals surface area contributed by atoms with Gasteiger partial charge in [0.05, 0.1) is 23.1 Å². The van der Waals surface area contributed by atoms with Gasteiger partial charge in [-0.3, -0.25) is 4.79 Å². The number of rotatable bonds is 5. The van der Waals surface area contributed by atoms with Gasteiger partial charge in [-0.2, -0.15) is 0 Å². The minimum Gasteiger partial charge on any atom is -0.355 e. The van der Waals surface area contributed by atoms with Gasteiger partial charge in [0.15, 0.2) is 0 Å². The number of aromatic nitrogens is 4. The number of carbonyl (C=O) groups is 1. The van der Waals surface area contributed by atoms with E-state index in [0.29, 0.717) is 13.0 Å². The molecule has 0 atom stereocenters. The van der Waals surface area contributed by atoms with Crippen molar-refractivity contribution in [3.63, 3.8) is 0 Å². The number of hydrogen-bond donors (Lipinski definition) is 2. The topological polar surface area (TPSA) is 75.1 Å². The molecule has 3 aromatic heterocycles. The van der Waals surface area contributed by atoms with Crippen LogP contribution in [0, 0.1) is 6.92 Å². The maximum atomic E-state index is 12.1. The SMILES string of the molecule is Cc1cccn2cc(CC(=O)NCCc3nc4ccccc4[nH]3)nc12. The Hall–Kier alpha value is -3.15. The molecule has 1 amide bonds. The molecule has 0 radical (unpaired) electrons. The predicted octanol–water partition coefficient (Wildman–Crippen LogP) is 2.42. The lowest BCUT2D eigenvalue weighted by Gasteiger charge is -2.02. The zero-order chi connectivity index (χ0) is 17.2. The van der Waals surface area contributed by atoms with Crippen molar-refractivity contribution in [2.75, 3.05) is 6.54 Å². The van der Waals surface area contributed by atoms with Crippen molar-refractivity contribution in [1.29, 1.82) is 0 Å². The molecule has 4 aromatic rings. The van der Waals surface area contributed by atoms with Crippen molar-refractivity contribution < 1.29 is 4.79 Å². The van der Waals surface area contributed by atoms with Gasteiger partial charge in [-0.05, 0) is 30.7 Å². The summed E-state index contributed by atoms with van der Waals surface area (Å²) in [4.78, 5) is 24.5. The first-order valence-corrected chi connectivity index (χ1v) is 8.32. The van der Waals surface area contributed by atoms with Crippen LogP contribution in [0.25, 0.3) is 16.7 Å². The molecular formula is C19H19N5O. The van der Waals surface area contributed by atoms with Crippen LogP contribution in [0.4, 0.5) is 0 Å². The van der Waals surface area contributed by atoms with E-state index < -0.39 is 0 Å². The van der Waals surface area contributed by atoms with Gasteiger partial charge in [-0.1, -0.05) is 18.2 Å². The summed E-state index contributed by atoms with van der Waals surface area (Å²) < 4.78 is 1.95. The molecular weight excluding hydrogens is 314 g/mol. The zero-order valence-electron chi connectivity index (χ0n) is 14.0. The van der Waals surface area contributed by atoms with E-state index >= 15 is 0 Å². The lowest BCUT2D eigenvalue weighted by Crippen LogP contribution is -2.27. The van der Waals surface area contributed by atoms with Gasteiger partial charge in [-0.25, -0.2) is 9.97 Å². The summed E-state index contributed by atoms with van der Waals surface area (Å²) in [5.41, 5.74) is 4.73. The molecule has 4 rings (SSSR count). The van der Waals surface area contributed by atoms with E-state index in [1.165, 1.54) is 0 Å². The Kier molecular flexibility index (Phi) is 3.93. The number of pyridine rings is 1. The second kappa shape index (κ2) is 6.39. The predicted molar refractivity (Wildman–Crippen MR) is 96.4 cm³/mol. The average molecular weight is 333 g/mol. The van der Waals surface area contributed by atoms with E-state index in [1.54, 1.807) is 0 Å². The molecule has 3 heterocycles. The van der Waals surface area contributed by atoms with Crippen LogP contribution in [-0.4, -0.2) is 31.8 Å². The van der Waals surface area contributed by atoms with Crippen molar-refractivity contribution in [2.45, 2.75) is 19.8 Å². The molecule has 2 N–H and O–H groups in total. The third kappa shape index (κ3) is 3.24. The molecule has 0 aliphatic rings. The van der Waals surface area contributed by atoms with E-state index in [0.717, 1.165) is 33.8 Å². The standard InChI is InChI=1S/C19H19N5O/c1-13-5-4-10-24-12-14(21-19(13)24)11-18(25)20-9-8-17-22-15-6-2-3-7-16(15)23-17/h2-7,10,12H,8-9,11H2,1H3,(H,20,25)(H,22,23). The lowest BCUT2D eigenvalue weighted by atomic mass is 10.3. The van der Waals surface area contributed by atoms with Crippen molar-refractivity contribution in [3.05, 3.63) is 65.9 Å². The minimum atomic E-state index is -0.0304. The van der Waals surface area contributed by atoms with Gasteiger partial charge in [0, 0.05) is 25.4 Å². The van der Waals surface area contributed by atoms with E-state index in [2.05, 4.69) is 20.3 Å². The highest BCUT2D eigenvalue weighted by molar-refractivity contribution is 5.78. The summed E-state index contributed by atoms with van der Waals surface area (Å²) in [6, 6.07) is 11.9. The van der Waals surface area contributed by atoms with Crippen LogP contribution in [0.5, 0.6) is 0 Å². The zero-order valence-corrected chi connectivity index (χ0v) is 14.0. The number of nitrogens with zero attached hydrogens (tertiary/aromatic N) is 3. The van der Waals surface area contributed by atoms with Gasteiger partial charge in [0.1, 0.15) is 11.5 Å². The van der Waals surface area contributed by atoms with Crippen molar-refractivity contribution in [1.82, 2.24) is 24.7 Å². The number of H-pyrrole nitrogens is 1. The van der Waals surface area contributed by atoms with Gasteiger partial charge >= 0.3 is 0 Å². The number of fused-ring (bicyclic) bond motifs is 2. The highest BCUT2D eigenvalue weighted by Crippen LogP contribution is 2.11. The normalized spacial score (nSPS) is 11.2. The molecule has 6 nitrogen and oxygen atoms in total. The van der Waals surface area contributed by atoms with Crippen LogP contribution in [0.2, 0.25) is 0 Å². The fourth-order valence-electron chi connectivity index (χ4n) is 2.96. The molecule has 0 aliphatic heterocycles. The monoisotopic (exact) mass is 333 g/mol. The molecule has 6 heteroatoms. The molecule has 0 aliphatic carbocycles. The number of aromatic amines is 1. The summed E-state index contributed by atoms with van der Waals surface area (Å²) in [5, 5.41) is 2.93. The first-order chi connectivity index (χ1) is 12.2. The first-order valence-electron chi connectivity index (χ1n) is 8.32. The van der Waals surface area contributed by atoms with Gasteiger partial charge in [0.2, 0.25) is 5.91 Å². The van der Waals surface area contributed by atoms with Gasteiger partial charge in [-0.15, -0.1) is 0 Å². The fourth-order valence-corrected chi connectivity index (χ4v) is 2.96. The average Bonchev–Trinajstić information content (AvgIpc) is 3.18. The quantitative estimate of drug-likeness (QED) is 0.589. The molecule has 1 aromatic carbocycles. The van der Waals surface area contributed by atoms with Crippen LogP contribution in [-0.2, 0) is 17.6 Å². The van der Waals surface area contributed by atoms with Crippen LogP contribution >= 0.6 is 0 Å². The summed E-state index contributed by atoms with van der Waals surface area (Å²) in [7, 11) is 0. The number of hydrogen-bond acceptors (Lipinski definition) is 3. The van der Waals surface area contributed by atoms with Crippen LogP contribution in [0.3, 0.4) is 0 Å². The Morgan fingerprint density at radius 2 is 2.08 bits per heavy atom. The molecule has 0 unspecified atom stereocenters. The van der Waals surface area contributed by atoms with Crippen LogP contribution in [0.1, 0.15) is 17.1 Å². The lowest BCUT2D eigenvalue weighted by molar-refractivity contribution is -0.120. The second-order valence-corrected chi connectivity index (χ2v) is 6.13. The van der Waals surface area contributed by atoms with E-state index in [-0.39, 0.29) is 12.3 Å². The third-order valence-corrected chi connectivity index (χ3v) is 4.19. The third-order valence-electron chi connectivity index (χ3n) is 4.19. The fraction of sp³-hybridized carbons (Fsp3) is 0.211. The molecule has 0 fully saturated rings. The maximum Gasteiger partial charge on any atom is 0.226 e. The van der Waals surface area contributed by atoms with E-state index in [1.807, 2.05) is 60.1 Å². The smallest absolute Gasteiger partial charge is 0.226 e. The number of carbonyl (C=O) groups excluding carboxylic acids is 1. The number of amides is 1. The van der Waals surface area contributed by atoms with Gasteiger partial charge < -0.3 is 14.7 Å². The van der Waals surface area contributed by atoms with Crippen LogP contribution in [0.15, 0.2) is 48.8 Å². The molecule has 0 spiro atoms. The number of para-hydroxylation sites is 2. The number of benzene rings is 1. The summed E-state index contributed by atoms with van der Waals surface area (Å²) in [6.45, 7) is 2.56. The molecule has 126 valence electrons. The Morgan fingerprint density at radius 3 is 2.92 bits per heavy atom. The first kappa shape index (κ1) is 15.4. The molecule has 0 saturated carbocycles. The van der Waals surface area contributed by atoms with Crippen LogP contribution < -0.4 is 5.32 Å². The van der Waals surface area contributed by atoms with Crippen molar-refractivity contribution in [3.8, 4) is 0 Å². The summed E-state index contributed by atoms with van der Waals surface area (Å²) in [6.07, 6.45) is 4.80. The highest BCUT2D eigenvalue weighted by atomic mass is 16.1. The largest absolute Gasteiger partial charge is 0.355 e. The Morgan fingerprint density at radius 1 is 1.20 bits per heavy atom. The second-order valence-electron chi connectivity index (χ2n) is 6.13. The minimum absolute atomic E-state index is 0.0304. The molecule has 0 saturated heterocycles. The maximum absolute atomic E-state index is 12.1. The Bertz CT molecular complexity index is 1010. The summed E-state index contributed by atoms with van der Waals surface area (Å²) >= 11 is 0. The molecule has 25 heavy (non-hydrogen) atoms. The summed E-state index contributed by atoms with van der Waals surface area (Å²) in [5.74, 6) is 0.849. The Labute approximate surface area is 144 Å². The van der Waals surface area contributed by atoms with E-state index in [9.17, 15) is 4.79 Å².